The minimum absolute atomic E-state index is 0.141. The number of nitrogens with zero attached hydrogens (tertiary/aromatic N) is 1. The van der Waals surface area contributed by atoms with Gasteiger partial charge >= 0.3 is 6.09 Å². The highest BCUT2D eigenvalue weighted by Gasteiger charge is 2.26. The summed E-state index contributed by atoms with van der Waals surface area (Å²) in [6.07, 6.45) is 5.36. The first-order valence-electron chi connectivity index (χ1n) is 6.18. The molecular formula is C12H25NO2S. The molecule has 1 rings (SSSR count). The molecule has 96 valence electrons. The first-order valence-corrected chi connectivity index (χ1v) is 7.58. The van der Waals surface area contributed by atoms with Gasteiger partial charge in [0.05, 0.1) is 0 Å². The van der Waals surface area contributed by atoms with Gasteiger partial charge in [-0.2, -0.15) is 0 Å². The molecule has 3 nitrogen and oxygen atoms in total. The minimum atomic E-state index is -0.141. The van der Waals surface area contributed by atoms with Gasteiger partial charge in [-0.1, -0.05) is 27.2 Å². The molecule has 0 aromatic rings. The first-order chi connectivity index (χ1) is 7.77. The average Bonchev–Trinajstić information content (AvgIpc) is 2.78. The van der Waals surface area contributed by atoms with Crippen LogP contribution in [0.2, 0.25) is 0 Å². The first kappa shape index (κ1) is 15.6. The van der Waals surface area contributed by atoms with Crippen LogP contribution >= 0.6 is 11.8 Å². The van der Waals surface area contributed by atoms with E-state index in [1.165, 1.54) is 24.6 Å². The molecule has 0 radical (unpaired) electrons. The fourth-order valence-electron chi connectivity index (χ4n) is 1.84. The van der Waals surface area contributed by atoms with Crippen molar-refractivity contribution in [3.05, 3.63) is 0 Å². The van der Waals surface area contributed by atoms with Crippen LogP contribution in [0.15, 0.2) is 0 Å². The van der Waals surface area contributed by atoms with Gasteiger partial charge in [0.2, 0.25) is 0 Å². The summed E-state index contributed by atoms with van der Waals surface area (Å²) in [7, 11) is 0. The summed E-state index contributed by atoms with van der Waals surface area (Å²) < 4.78 is 5.05. The van der Waals surface area contributed by atoms with E-state index in [-0.39, 0.29) is 6.09 Å². The van der Waals surface area contributed by atoms with E-state index in [1.807, 2.05) is 25.0 Å². The lowest BCUT2D eigenvalue weighted by Crippen LogP contribution is -2.29. The molecule has 0 N–H and O–H groups in total. The smallest absolute Gasteiger partial charge is 0.410 e. The van der Waals surface area contributed by atoms with Gasteiger partial charge in [-0.3, -0.25) is 0 Å². The van der Waals surface area contributed by atoms with Gasteiger partial charge in [-0.05, 0) is 25.0 Å². The van der Waals surface area contributed by atoms with Gasteiger partial charge in [0.25, 0.3) is 0 Å². The van der Waals surface area contributed by atoms with E-state index in [9.17, 15) is 4.79 Å². The maximum absolute atomic E-state index is 11.4. The molecule has 1 fully saturated rings. The molecule has 16 heavy (non-hydrogen) atoms. The van der Waals surface area contributed by atoms with Gasteiger partial charge in [0, 0.05) is 13.1 Å². The molecule has 1 saturated heterocycles. The molecule has 0 aromatic carbocycles. The van der Waals surface area contributed by atoms with Crippen molar-refractivity contribution in [3.8, 4) is 0 Å². The normalized spacial score (nSPS) is 19.0. The van der Waals surface area contributed by atoms with Crippen molar-refractivity contribution in [2.45, 2.75) is 40.0 Å². The summed E-state index contributed by atoms with van der Waals surface area (Å²) in [5.41, 5.74) is 0. The van der Waals surface area contributed by atoms with Crippen molar-refractivity contribution in [1.82, 2.24) is 4.90 Å². The molecule has 0 aliphatic carbocycles. The maximum Gasteiger partial charge on any atom is 0.410 e. The van der Waals surface area contributed by atoms with Crippen LogP contribution in [0.3, 0.4) is 0 Å². The van der Waals surface area contributed by atoms with Crippen LogP contribution in [0.25, 0.3) is 0 Å². The van der Waals surface area contributed by atoms with E-state index in [2.05, 4.69) is 6.92 Å². The molecule has 4 heteroatoms. The number of thioether (sulfide) groups is 1. The number of ether oxygens (including phenoxy) is 1. The Morgan fingerprint density at radius 3 is 2.75 bits per heavy atom. The molecule has 0 bridgehead atoms. The average molecular weight is 247 g/mol. The van der Waals surface area contributed by atoms with Crippen molar-refractivity contribution in [2.24, 2.45) is 5.92 Å². The van der Waals surface area contributed by atoms with Crippen molar-refractivity contribution in [3.63, 3.8) is 0 Å². The third-order valence-corrected chi connectivity index (χ3v) is 2.89. The third-order valence-electron chi connectivity index (χ3n) is 2.54. The lowest BCUT2D eigenvalue weighted by Gasteiger charge is -2.15. The summed E-state index contributed by atoms with van der Waals surface area (Å²) in [5.74, 6) is 1.16. The quantitative estimate of drug-likeness (QED) is 0.711. The van der Waals surface area contributed by atoms with E-state index in [0.29, 0.717) is 11.9 Å². The molecule has 1 heterocycles. The molecule has 0 aromatic heterocycles. The van der Waals surface area contributed by atoms with Crippen LogP contribution in [0.1, 0.15) is 40.0 Å². The molecule has 1 aliphatic heterocycles. The zero-order valence-corrected chi connectivity index (χ0v) is 11.8. The van der Waals surface area contributed by atoms with E-state index in [1.54, 1.807) is 0 Å². The van der Waals surface area contributed by atoms with Crippen molar-refractivity contribution >= 4 is 17.9 Å². The Morgan fingerprint density at radius 2 is 2.19 bits per heavy atom. The predicted octanol–water partition coefficient (Wildman–Crippen LogP) is 3.59. The third kappa shape index (κ3) is 5.64. The topological polar surface area (TPSA) is 29.5 Å². The Balaban J connectivity index is 0.00000106. The Morgan fingerprint density at radius 1 is 1.50 bits per heavy atom. The van der Waals surface area contributed by atoms with Gasteiger partial charge < -0.3 is 9.64 Å². The summed E-state index contributed by atoms with van der Waals surface area (Å²) in [5, 5.41) is 0. The van der Waals surface area contributed by atoms with Crippen LogP contribution in [0.4, 0.5) is 4.79 Å². The van der Waals surface area contributed by atoms with Crippen molar-refractivity contribution < 1.29 is 9.53 Å². The Kier molecular flexibility index (Phi) is 9.59. The standard InChI is InChI=1S/C10H19NO2S.C2H6/c1-3-4-9-5-6-11(7-9)10(12)13-8-14-2;1-2/h9H,3-8H2,1-2H3;1-2H3. The molecule has 1 amide bonds. The number of rotatable bonds is 4. The summed E-state index contributed by atoms with van der Waals surface area (Å²) in [6.45, 7) is 7.95. The van der Waals surface area contributed by atoms with Gasteiger partial charge in [-0.15, -0.1) is 11.8 Å². The second kappa shape index (κ2) is 9.82. The van der Waals surface area contributed by atoms with Crippen LogP contribution in [0, 0.1) is 5.92 Å². The second-order valence-corrected chi connectivity index (χ2v) is 4.52. The van der Waals surface area contributed by atoms with Gasteiger partial charge in [-0.25, -0.2) is 4.79 Å². The van der Waals surface area contributed by atoms with Gasteiger partial charge in [0.15, 0.2) is 0 Å². The van der Waals surface area contributed by atoms with Crippen LogP contribution in [-0.4, -0.2) is 36.3 Å². The number of carbonyl (C=O) groups excluding carboxylic acids is 1. The Bertz CT molecular complexity index is 188. The van der Waals surface area contributed by atoms with Gasteiger partial charge in [0.1, 0.15) is 5.94 Å². The molecule has 0 spiro atoms. The molecular weight excluding hydrogens is 222 g/mol. The fraction of sp³-hybridized carbons (Fsp3) is 0.917. The van der Waals surface area contributed by atoms with E-state index >= 15 is 0 Å². The number of hydrogen-bond donors (Lipinski definition) is 0. The Labute approximate surface area is 104 Å². The fourth-order valence-corrected chi connectivity index (χ4v) is 2.06. The van der Waals surface area contributed by atoms with E-state index < -0.39 is 0 Å². The van der Waals surface area contributed by atoms with Crippen molar-refractivity contribution in [2.75, 3.05) is 25.3 Å². The molecule has 0 saturated carbocycles. The zero-order valence-electron chi connectivity index (χ0n) is 11.0. The number of likely N-dealkylation sites (tertiary alicyclic amines) is 1. The summed E-state index contributed by atoms with van der Waals surface area (Å²) in [4.78, 5) is 13.3. The second-order valence-electron chi connectivity index (χ2n) is 3.71. The zero-order chi connectivity index (χ0) is 12.4. The molecule has 1 unspecified atom stereocenters. The predicted molar refractivity (Wildman–Crippen MR) is 70.8 cm³/mol. The van der Waals surface area contributed by atoms with Crippen LogP contribution in [0.5, 0.6) is 0 Å². The maximum atomic E-state index is 11.4. The van der Waals surface area contributed by atoms with Crippen LogP contribution < -0.4 is 0 Å². The monoisotopic (exact) mass is 247 g/mol. The number of hydrogen-bond acceptors (Lipinski definition) is 3. The molecule has 1 aliphatic rings. The van der Waals surface area contributed by atoms with E-state index in [0.717, 1.165) is 19.5 Å². The number of amides is 1. The highest BCUT2D eigenvalue weighted by molar-refractivity contribution is 7.98. The summed E-state index contributed by atoms with van der Waals surface area (Å²) >= 11 is 1.53. The SMILES string of the molecule is CC.CCCC1CCN(C(=O)OCSC)C1. The minimum Gasteiger partial charge on any atom is -0.438 e. The molecule has 1 atom stereocenters. The highest BCUT2D eigenvalue weighted by Crippen LogP contribution is 2.21. The van der Waals surface area contributed by atoms with E-state index in [4.69, 9.17) is 4.74 Å². The number of carbonyl (C=O) groups is 1. The lowest BCUT2D eigenvalue weighted by atomic mass is 10.0. The lowest BCUT2D eigenvalue weighted by molar-refractivity contribution is 0.126. The summed E-state index contributed by atoms with van der Waals surface area (Å²) in [6, 6.07) is 0. The highest BCUT2D eigenvalue weighted by atomic mass is 32.2. The van der Waals surface area contributed by atoms with Crippen LogP contribution in [-0.2, 0) is 4.74 Å². The van der Waals surface area contributed by atoms with Crippen molar-refractivity contribution in [1.29, 1.82) is 0 Å². The Hall–Kier alpha value is -0.380. The largest absolute Gasteiger partial charge is 0.438 e.